The summed E-state index contributed by atoms with van der Waals surface area (Å²) in [6.07, 6.45) is 57.6. The maximum Gasteiger partial charge on any atom is 0.528 e. The number of thiophene rings is 8. The second-order valence-electron chi connectivity index (χ2n) is 34.2. The highest BCUT2D eigenvalue weighted by Crippen LogP contribution is 2.69. The van der Waals surface area contributed by atoms with E-state index >= 15 is 0 Å². The Morgan fingerprint density at radius 1 is 0.385 bits per heavy atom. The molecule has 0 atom stereocenters. The Kier molecular flexibility index (Phi) is 32.6. The van der Waals surface area contributed by atoms with Crippen LogP contribution in [0, 0.1) is 35.8 Å². The lowest BCUT2D eigenvalue weighted by molar-refractivity contribution is 0.0421. The van der Waals surface area contributed by atoms with Crippen LogP contribution in [0.15, 0.2) is 95.3 Å². The van der Waals surface area contributed by atoms with E-state index in [1.807, 2.05) is 129 Å². The lowest BCUT2D eigenvalue weighted by Crippen LogP contribution is -2.35. The molecule has 10 nitrogen and oxygen atoms in total. The standard InChI is InChI=1S/C104H120N4O6S8/c1-9-13-17-21-25-29-33-37-41-49-57-103(58-50-42-38-34-30-26-22-18-14-10-2)86-94-82(65-80(117-94)92-78(111-7)63-70(115-92)61-76-84(69(67-105)68-106)72-53-45-47-55-74(72)88(76)109)119-96(86)98-90(113-103)100-101(121-98)91-99(122-100)97-87(104(114-91,59-51-43-39-35-31-27-23-19-15-11-3)60-52-44-40-36-32-28-24-20-16-12-4)95-83(120-97)66-81(118-95)93-79(112-8)64-71(116-93)62-77-85(102(107-5)108-6)73-54-46-48-56-75(73)89(77)110/h45-48,53-56,61-66H,9-44,49-52,57-60H2,1-4,7-8H3/b76-61-,77-62-. The first kappa shape index (κ1) is 90.5. The van der Waals surface area contributed by atoms with Crippen molar-refractivity contribution in [3.8, 4) is 74.2 Å². The van der Waals surface area contributed by atoms with Crippen LogP contribution in [0.2, 0.25) is 0 Å². The number of rotatable bonds is 50. The van der Waals surface area contributed by atoms with E-state index < -0.39 is 11.2 Å². The summed E-state index contributed by atoms with van der Waals surface area (Å²) in [4.78, 5) is 46.8. The van der Waals surface area contributed by atoms with Crippen molar-refractivity contribution in [2.45, 2.75) is 321 Å². The van der Waals surface area contributed by atoms with Gasteiger partial charge in [0.2, 0.25) is 0 Å². The zero-order valence-corrected chi connectivity index (χ0v) is 79.2. The lowest BCUT2D eigenvalue weighted by Gasteiger charge is -2.39. The Morgan fingerprint density at radius 3 is 1.02 bits per heavy atom. The van der Waals surface area contributed by atoms with Crippen molar-refractivity contribution in [2.24, 2.45) is 0 Å². The maximum atomic E-state index is 14.3. The second-order valence-corrected chi connectivity index (χ2v) is 42.6. The number of hydrogen-bond donors (Lipinski definition) is 0. The Hall–Kier alpha value is -7.72. The van der Waals surface area contributed by atoms with Crippen molar-refractivity contribution in [1.29, 1.82) is 10.5 Å². The molecule has 0 unspecified atom stereocenters. The van der Waals surface area contributed by atoms with Gasteiger partial charge in [0.15, 0.2) is 23.1 Å². The molecule has 0 saturated heterocycles. The second kappa shape index (κ2) is 43.9. The fourth-order valence-electron chi connectivity index (χ4n) is 19.1. The summed E-state index contributed by atoms with van der Waals surface area (Å²) in [7, 11) is 3.45. The number of allylic oxidation sites excluding steroid dienone is 5. The number of ketones is 2. The smallest absolute Gasteiger partial charge is 0.495 e. The van der Waals surface area contributed by atoms with Gasteiger partial charge in [0.05, 0.1) is 77.6 Å². The molecule has 0 saturated carbocycles. The molecule has 0 amide bonds. The first-order valence-corrected chi connectivity index (χ1v) is 52.7. The summed E-state index contributed by atoms with van der Waals surface area (Å²) in [5.74, 6) is 3.03. The van der Waals surface area contributed by atoms with Crippen molar-refractivity contribution in [3.63, 3.8) is 0 Å². The lowest BCUT2D eigenvalue weighted by atomic mass is 9.81. The molecular weight excluding hydrogens is 1660 g/mol. The Morgan fingerprint density at radius 2 is 0.697 bits per heavy atom. The molecule has 122 heavy (non-hydrogen) atoms. The number of fused-ring (bicyclic) bond motifs is 15. The van der Waals surface area contributed by atoms with E-state index in [1.165, 1.54) is 264 Å². The van der Waals surface area contributed by atoms with Crippen LogP contribution >= 0.6 is 90.7 Å². The summed E-state index contributed by atoms with van der Waals surface area (Å²) in [5.41, 5.74) is 5.14. The van der Waals surface area contributed by atoms with Gasteiger partial charge in [-0.2, -0.15) is 20.2 Å². The van der Waals surface area contributed by atoms with E-state index in [0.29, 0.717) is 44.5 Å². The number of benzene rings is 2. The fourth-order valence-corrected chi connectivity index (χ4v) is 29.9. The molecule has 0 N–H and O–H groups in total. The van der Waals surface area contributed by atoms with E-state index in [9.17, 15) is 20.1 Å². The number of ether oxygens (including phenoxy) is 4. The first-order chi connectivity index (χ1) is 59.9. The SMILES string of the molecule is [C-]#[N+]C([N+]#[C-])=C1/C(=C/c2cc(OC)c(-c3cc4sc5c(c4s3)C(CCCCCCCCCCCC)(CCCCCCCCCCCC)Oc3c-5sc4c5c(sc34)-c3sc4cc(-c6sc(/C=C7\C(=O)c8ccccc8C7=C(C#N)C#N)cc6OC)sc4c3C(CCCCCCCCCCCC)(CCCCCCCCCCCC)O5)s2)C(=O)c2ccccc21. The third-order valence-electron chi connectivity index (χ3n) is 25.5. The van der Waals surface area contributed by atoms with Crippen LogP contribution in [-0.2, 0) is 11.2 Å². The number of nitriles is 2. The zero-order valence-electron chi connectivity index (χ0n) is 72.7. The molecule has 18 heteroatoms. The predicted octanol–water partition coefficient (Wildman–Crippen LogP) is 35.6. The molecule has 2 aliphatic carbocycles. The van der Waals surface area contributed by atoms with Gasteiger partial charge in [0.1, 0.15) is 53.6 Å². The molecule has 8 aromatic heterocycles. The van der Waals surface area contributed by atoms with Crippen LogP contribution < -0.4 is 18.9 Å². The molecule has 4 aliphatic rings. The first-order valence-electron chi connectivity index (χ1n) is 46.2. The summed E-state index contributed by atoms with van der Waals surface area (Å²) in [6.45, 7) is 25.2. The van der Waals surface area contributed by atoms with E-state index in [4.69, 9.17) is 32.1 Å². The van der Waals surface area contributed by atoms with Crippen LogP contribution in [0.3, 0.4) is 0 Å². The number of carbonyl (C=O) groups is 2. The number of nitrogens with zero attached hydrogens (tertiary/aromatic N) is 4. The monoisotopic (exact) mass is 1780 g/mol. The van der Waals surface area contributed by atoms with Gasteiger partial charge in [-0.25, -0.2) is 0 Å². The molecule has 640 valence electrons. The average Bonchev–Trinajstić information content (AvgIpc) is 1.52. The summed E-state index contributed by atoms with van der Waals surface area (Å²) >= 11 is 14.5. The minimum Gasteiger partial charge on any atom is -0.495 e. The molecule has 14 rings (SSSR count). The summed E-state index contributed by atoms with van der Waals surface area (Å²) in [6, 6.07) is 27.6. The molecule has 2 aromatic carbocycles. The van der Waals surface area contributed by atoms with Gasteiger partial charge < -0.3 is 18.9 Å². The molecule has 0 bridgehead atoms. The molecule has 0 fully saturated rings. The van der Waals surface area contributed by atoms with Crippen molar-refractivity contribution >= 4 is 154 Å². The van der Waals surface area contributed by atoms with E-state index in [0.717, 1.165) is 129 Å². The molecule has 0 radical (unpaired) electrons. The largest absolute Gasteiger partial charge is 0.528 e. The van der Waals surface area contributed by atoms with Gasteiger partial charge in [-0.3, -0.25) is 9.59 Å². The molecular formula is C104H120N4O6S8. The van der Waals surface area contributed by atoms with Gasteiger partial charge in [-0.15, -0.1) is 90.7 Å². The maximum absolute atomic E-state index is 14.3. The minimum atomic E-state index is -0.604. The fraction of sp³-hybridized carbons (Fsp3) is 0.500. The predicted molar refractivity (Wildman–Crippen MR) is 523 cm³/mol. The van der Waals surface area contributed by atoms with Gasteiger partial charge in [0, 0.05) is 58.1 Å². The van der Waals surface area contributed by atoms with Crippen molar-refractivity contribution in [3.05, 3.63) is 161 Å². The van der Waals surface area contributed by atoms with Gasteiger partial charge in [-0.05, 0) is 98.9 Å². The normalized spacial score (nSPS) is 14.7. The van der Waals surface area contributed by atoms with Gasteiger partial charge >= 0.3 is 5.82 Å². The third kappa shape index (κ3) is 19.9. The quantitative estimate of drug-likeness (QED) is 0.0160. The molecule has 0 spiro atoms. The van der Waals surface area contributed by atoms with E-state index in [2.05, 4.69) is 61.7 Å². The van der Waals surface area contributed by atoms with Crippen molar-refractivity contribution in [2.75, 3.05) is 14.2 Å². The Balaban J connectivity index is 0.887. The van der Waals surface area contributed by atoms with Crippen LogP contribution in [0.5, 0.6) is 23.0 Å². The van der Waals surface area contributed by atoms with Crippen LogP contribution in [-0.4, -0.2) is 25.8 Å². The molecule has 2 aliphatic heterocycles. The highest BCUT2D eigenvalue weighted by Gasteiger charge is 2.50. The van der Waals surface area contributed by atoms with Gasteiger partial charge in [0.25, 0.3) is 0 Å². The highest BCUT2D eigenvalue weighted by molar-refractivity contribution is 7.38. The van der Waals surface area contributed by atoms with Crippen LogP contribution in [0.4, 0.5) is 0 Å². The summed E-state index contributed by atoms with van der Waals surface area (Å²) < 4.78 is 36.8. The Bertz CT molecular complexity index is 5210. The number of carbonyl (C=O) groups excluding carboxylic acids is 2. The number of unbranched alkanes of at least 4 members (excludes halogenated alkanes) is 36. The van der Waals surface area contributed by atoms with Gasteiger partial charge in [-0.1, -0.05) is 307 Å². The number of methoxy groups -OCH3 is 2. The van der Waals surface area contributed by atoms with Crippen molar-refractivity contribution < 1.29 is 28.5 Å². The zero-order chi connectivity index (χ0) is 85.0. The minimum absolute atomic E-state index is 0.0793. The third-order valence-corrected chi connectivity index (χ3v) is 35.7. The van der Waals surface area contributed by atoms with Crippen LogP contribution in [0.25, 0.3) is 100 Å². The summed E-state index contributed by atoms with van der Waals surface area (Å²) in [5, 5.41) is 20.5. The van der Waals surface area contributed by atoms with Crippen molar-refractivity contribution in [1.82, 2.24) is 0 Å². The van der Waals surface area contributed by atoms with E-state index in [1.54, 1.807) is 49.0 Å². The van der Waals surface area contributed by atoms with Crippen LogP contribution in [0.1, 0.15) is 363 Å². The molecule has 10 aromatic rings. The topological polar surface area (TPSA) is 127 Å². The number of Topliss-reactive ketones (excluding diaryl/α,β-unsaturated/α-hetero) is 2. The Labute approximate surface area is 757 Å². The average molecular weight is 1780 g/mol. The number of hydrogen-bond acceptors (Lipinski definition) is 16. The molecule has 10 heterocycles. The van der Waals surface area contributed by atoms with E-state index in [-0.39, 0.29) is 23.0 Å². The highest BCUT2D eigenvalue weighted by atomic mass is 32.1.